The van der Waals surface area contributed by atoms with Crippen LogP contribution in [0.5, 0.6) is 0 Å². The van der Waals surface area contributed by atoms with Crippen molar-refractivity contribution in [3.63, 3.8) is 0 Å². The molecule has 378 valence electrons. The molecule has 0 heterocycles. The van der Waals surface area contributed by atoms with Gasteiger partial charge in [0.25, 0.3) is 0 Å². The summed E-state index contributed by atoms with van der Waals surface area (Å²) in [6.07, 6.45) is 65.4. The lowest BCUT2D eigenvalue weighted by molar-refractivity contribution is -0.167. The van der Waals surface area contributed by atoms with Gasteiger partial charge in [-0.15, -0.1) is 0 Å². The summed E-state index contributed by atoms with van der Waals surface area (Å²) in [5.41, 5.74) is 0. The first-order valence-corrected chi connectivity index (χ1v) is 28.1. The highest BCUT2D eigenvalue weighted by molar-refractivity contribution is 5.71. The fourth-order valence-corrected chi connectivity index (χ4v) is 8.04. The standard InChI is InChI=1S/C59H106O6/c1-4-7-10-13-16-19-22-24-25-26-27-28-29-30-31-32-33-34-35-36-38-40-43-46-49-52-58(61)64-55-56(54-63-57(60)51-48-45-42-39-21-18-15-12-9-6-3)65-59(62)53-50-47-44-41-37-23-20-17-14-11-8-5-2/h12,15,22,24,26-27,29-30,56H,4-11,13-14,16-21,23,25,28,31-55H2,1-3H3/b15-12-,24-22-,27-26-,30-29-. The van der Waals surface area contributed by atoms with Gasteiger partial charge in [0.1, 0.15) is 13.2 Å². The summed E-state index contributed by atoms with van der Waals surface area (Å²) in [5.74, 6) is -0.880. The molecule has 6 nitrogen and oxygen atoms in total. The summed E-state index contributed by atoms with van der Waals surface area (Å²) in [6, 6.07) is 0. The Morgan fingerprint density at radius 1 is 0.308 bits per heavy atom. The van der Waals surface area contributed by atoms with E-state index < -0.39 is 6.10 Å². The first-order valence-electron chi connectivity index (χ1n) is 28.1. The zero-order chi connectivity index (χ0) is 47.2. The predicted molar refractivity (Wildman–Crippen MR) is 279 cm³/mol. The van der Waals surface area contributed by atoms with Crippen LogP contribution in [0.4, 0.5) is 0 Å². The Morgan fingerprint density at radius 2 is 0.585 bits per heavy atom. The third-order valence-electron chi connectivity index (χ3n) is 12.3. The van der Waals surface area contributed by atoms with E-state index in [0.29, 0.717) is 19.3 Å². The first-order chi connectivity index (χ1) is 32.0. The van der Waals surface area contributed by atoms with Crippen molar-refractivity contribution in [3.05, 3.63) is 48.6 Å². The van der Waals surface area contributed by atoms with Crippen LogP contribution in [0.15, 0.2) is 48.6 Å². The number of ether oxygens (including phenoxy) is 3. The quantitative estimate of drug-likeness (QED) is 0.0262. The van der Waals surface area contributed by atoms with Crippen LogP contribution in [0.2, 0.25) is 0 Å². The lowest BCUT2D eigenvalue weighted by atomic mass is 10.0. The van der Waals surface area contributed by atoms with Gasteiger partial charge in [0.2, 0.25) is 0 Å². The zero-order valence-corrected chi connectivity index (χ0v) is 43.3. The minimum Gasteiger partial charge on any atom is -0.462 e. The number of esters is 3. The molecule has 0 saturated carbocycles. The van der Waals surface area contributed by atoms with Crippen LogP contribution in [0.1, 0.15) is 290 Å². The molecule has 1 unspecified atom stereocenters. The molecule has 0 aromatic rings. The van der Waals surface area contributed by atoms with E-state index in [1.807, 2.05) is 0 Å². The van der Waals surface area contributed by atoms with Crippen LogP contribution in [0.3, 0.4) is 0 Å². The lowest BCUT2D eigenvalue weighted by Crippen LogP contribution is -2.30. The summed E-state index contributed by atoms with van der Waals surface area (Å²) in [4.78, 5) is 38.0. The third-order valence-corrected chi connectivity index (χ3v) is 12.3. The van der Waals surface area contributed by atoms with E-state index in [0.717, 1.165) is 83.5 Å². The van der Waals surface area contributed by atoms with Crippen LogP contribution < -0.4 is 0 Å². The van der Waals surface area contributed by atoms with Crippen LogP contribution in [-0.4, -0.2) is 37.2 Å². The molecule has 0 fully saturated rings. The van der Waals surface area contributed by atoms with Gasteiger partial charge in [-0.25, -0.2) is 0 Å². The molecule has 0 spiro atoms. The summed E-state index contributed by atoms with van der Waals surface area (Å²) < 4.78 is 16.8. The van der Waals surface area contributed by atoms with Gasteiger partial charge in [0.15, 0.2) is 6.10 Å². The van der Waals surface area contributed by atoms with Crippen molar-refractivity contribution in [1.82, 2.24) is 0 Å². The second-order valence-corrected chi connectivity index (χ2v) is 18.8. The van der Waals surface area contributed by atoms with Crippen molar-refractivity contribution in [1.29, 1.82) is 0 Å². The molecule has 0 bridgehead atoms. The average molecular weight is 911 g/mol. The Kier molecular flexibility index (Phi) is 51.8. The average Bonchev–Trinajstić information content (AvgIpc) is 3.30. The molecule has 0 aromatic heterocycles. The molecule has 0 aliphatic carbocycles. The summed E-state index contributed by atoms with van der Waals surface area (Å²) in [5, 5.41) is 0. The topological polar surface area (TPSA) is 78.9 Å². The van der Waals surface area contributed by atoms with Gasteiger partial charge in [-0.1, -0.05) is 243 Å². The molecule has 0 rings (SSSR count). The number of hydrogen-bond acceptors (Lipinski definition) is 6. The van der Waals surface area contributed by atoms with Crippen molar-refractivity contribution < 1.29 is 28.6 Å². The van der Waals surface area contributed by atoms with Gasteiger partial charge in [-0.05, 0) is 77.0 Å². The van der Waals surface area contributed by atoms with E-state index in [1.165, 1.54) is 167 Å². The Balaban J connectivity index is 4.20. The minimum absolute atomic E-state index is 0.0753. The number of carbonyl (C=O) groups is 3. The van der Waals surface area contributed by atoms with Gasteiger partial charge in [-0.2, -0.15) is 0 Å². The fourth-order valence-electron chi connectivity index (χ4n) is 8.04. The molecule has 0 N–H and O–H groups in total. The summed E-state index contributed by atoms with van der Waals surface area (Å²) in [7, 11) is 0. The second-order valence-electron chi connectivity index (χ2n) is 18.8. The molecular weight excluding hydrogens is 805 g/mol. The van der Waals surface area contributed by atoms with Crippen molar-refractivity contribution in [2.45, 2.75) is 297 Å². The predicted octanol–water partition coefficient (Wildman–Crippen LogP) is 18.7. The molecule has 0 amide bonds. The Morgan fingerprint density at radius 3 is 0.938 bits per heavy atom. The highest BCUT2D eigenvalue weighted by Gasteiger charge is 2.19. The molecular formula is C59H106O6. The molecule has 6 heteroatoms. The SMILES string of the molecule is CCC/C=C\CCCCCCCC(=O)OCC(COC(=O)CCCCCCCCCCCC/C=C\C/C=C\C/C=C\CCCCCCC)OC(=O)CCCCCCCCCCCCCC. The third kappa shape index (κ3) is 52.2. The molecule has 0 radical (unpaired) electrons. The maximum atomic E-state index is 12.8. The van der Waals surface area contributed by atoms with Crippen molar-refractivity contribution in [2.75, 3.05) is 13.2 Å². The van der Waals surface area contributed by atoms with Crippen LogP contribution in [0, 0.1) is 0 Å². The van der Waals surface area contributed by atoms with E-state index in [2.05, 4.69) is 69.4 Å². The van der Waals surface area contributed by atoms with Crippen LogP contribution in [-0.2, 0) is 28.6 Å². The molecule has 0 saturated heterocycles. The van der Waals surface area contributed by atoms with Gasteiger partial charge in [-0.3, -0.25) is 14.4 Å². The van der Waals surface area contributed by atoms with Gasteiger partial charge >= 0.3 is 17.9 Å². The van der Waals surface area contributed by atoms with Gasteiger partial charge < -0.3 is 14.2 Å². The van der Waals surface area contributed by atoms with Crippen molar-refractivity contribution >= 4 is 17.9 Å². The Bertz CT molecular complexity index is 1140. The highest BCUT2D eigenvalue weighted by Crippen LogP contribution is 2.16. The van der Waals surface area contributed by atoms with E-state index in [9.17, 15) is 14.4 Å². The Hall–Kier alpha value is -2.63. The van der Waals surface area contributed by atoms with Crippen molar-refractivity contribution in [3.8, 4) is 0 Å². The smallest absolute Gasteiger partial charge is 0.306 e. The first kappa shape index (κ1) is 62.4. The van der Waals surface area contributed by atoms with E-state index in [4.69, 9.17) is 14.2 Å². The molecule has 65 heavy (non-hydrogen) atoms. The number of carbonyl (C=O) groups excluding carboxylic acids is 3. The number of unbranched alkanes of at least 4 members (excludes halogenated alkanes) is 32. The normalized spacial score (nSPS) is 12.4. The number of hydrogen-bond donors (Lipinski definition) is 0. The van der Waals surface area contributed by atoms with Crippen LogP contribution in [0.25, 0.3) is 0 Å². The highest BCUT2D eigenvalue weighted by atomic mass is 16.6. The molecule has 0 aromatic carbocycles. The zero-order valence-electron chi connectivity index (χ0n) is 43.3. The monoisotopic (exact) mass is 911 g/mol. The lowest BCUT2D eigenvalue weighted by Gasteiger charge is -2.18. The van der Waals surface area contributed by atoms with Gasteiger partial charge in [0.05, 0.1) is 0 Å². The van der Waals surface area contributed by atoms with E-state index >= 15 is 0 Å². The molecule has 0 aliphatic rings. The number of allylic oxidation sites excluding steroid dienone is 8. The fraction of sp³-hybridized carbons (Fsp3) is 0.814. The van der Waals surface area contributed by atoms with E-state index in [1.54, 1.807) is 0 Å². The largest absolute Gasteiger partial charge is 0.462 e. The van der Waals surface area contributed by atoms with Crippen LogP contribution >= 0.6 is 0 Å². The van der Waals surface area contributed by atoms with Gasteiger partial charge in [0, 0.05) is 19.3 Å². The van der Waals surface area contributed by atoms with E-state index in [-0.39, 0.29) is 31.1 Å². The second kappa shape index (κ2) is 54.0. The summed E-state index contributed by atoms with van der Waals surface area (Å²) >= 11 is 0. The molecule has 1 atom stereocenters. The Labute approximate surface area is 403 Å². The van der Waals surface area contributed by atoms with Crippen molar-refractivity contribution in [2.24, 2.45) is 0 Å². The maximum Gasteiger partial charge on any atom is 0.306 e. The number of rotatable bonds is 51. The molecule has 0 aliphatic heterocycles. The minimum atomic E-state index is -0.774. The maximum absolute atomic E-state index is 12.8. The summed E-state index contributed by atoms with van der Waals surface area (Å²) in [6.45, 7) is 6.57.